The Morgan fingerprint density at radius 1 is 1.21 bits per heavy atom. The molecule has 3 rings (SSSR count). The van der Waals surface area contributed by atoms with Crippen molar-refractivity contribution >= 4 is 27.8 Å². The van der Waals surface area contributed by atoms with E-state index in [0.717, 1.165) is 28.0 Å². The lowest BCUT2D eigenvalue weighted by Crippen LogP contribution is -2.52. The van der Waals surface area contributed by atoms with Gasteiger partial charge in [-0.05, 0) is 18.2 Å². The van der Waals surface area contributed by atoms with Gasteiger partial charge in [0.1, 0.15) is 6.17 Å². The average molecular weight is 360 g/mol. The van der Waals surface area contributed by atoms with Crippen LogP contribution in [0.5, 0.6) is 0 Å². The number of nitrogens with zero attached hydrogens (tertiary/aromatic N) is 3. The molecule has 0 bridgehead atoms. The first-order chi connectivity index (χ1) is 11.3. The van der Waals surface area contributed by atoms with Gasteiger partial charge in [-0.3, -0.25) is 24.9 Å². The first-order valence-electron chi connectivity index (χ1n) is 7.22. The number of piperazine rings is 1. The van der Waals surface area contributed by atoms with Crippen molar-refractivity contribution in [2.24, 2.45) is 5.84 Å². The third kappa shape index (κ3) is 3.09. The third-order valence-electron chi connectivity index (χ3n) is 4.05. The summed E-state index contributed by atoms with van der Waals surface area (Å²) in [5.74, 6) is 5.67. The van der Waals surface area contributed by atoms with E-state index in [1.165, 1.54) is 6.07 Å². The molecule has 0 amide bonds. The van der Waals surface area contributed by atoms with Crippen LogP contribution in [0.1, 0.15) is 11.7 Å². The van der Waals surface area contributed by atoms with Crippen LogP contribution >= 0.6 is 11.3 Å². The van der Waals surface area contributed by atoms with E-state index in [0.29, 0.717) is 37.2 Å². The van der Waals surface area contributed by atoms with E-state index < -0.39 is 22.8 Å². The van der Waals surface area contributed by atoms with Gasteiger partial charge in [-0.2, -0.15) is 13.2 Å². The first-order valence-corrected chi connectivity index (χ1v) is 8.04. The van der Waals surface area contributed by atoms with Gasteiger partial charge in [-0.1, -0.05) is 11.3 Å². The molecular formula is C14H15F3N4O2S. The summed E-state index contributed by atoms with van der Waals surface area (Å²) in [6, 6.07) is 3.12. The number of hydrogen-bond acceptors (Lipinski definition) is 6. The van der Waals surface area contributed by atoms with Crippen molar-refractivity contribution in [3.05, 3.63) is 33.4 Å². The van der Waals surface area contributed by atoms with Gasteiger partial charge in [0.2, 0.25) is 0 Å². The van der Waals surface area contributed by atoms with Crippen molar-refractivity contribution in [2.75, 3.05) is 26.2 Å². The smallest absolute Gasteiger partial charge is 0.299 e. The van der Waals surface area contributed by atoms with Crippen molar-refractivity contribution in [1.29, 1.82) is 0 Å². The molecule has 6 nitrogen and oxygen atoms in total. The first kappa shape index (κ1) is 17.1. The molecule has 0 aliphatic carbocycles. The minimum absolute atomic E-state index is 0.118. The SMILES string of the molecule is NN1CCN(C(C=O)n2c(=O)sc3ccc(C(F)(F)F)cc32)CC1. The number of aromatic nitrogens is 1. The molecule has 1 atom stereocenters. The van der Waals surface area contributed by atoms with E-state index in [1.807, 2.05) is 0 Å². The summed E-state index contributed by atoms with van der Waals surface area (Å²) in [5.41, 5.74) is -0.731. The van der Waals surface area contributed by atoms with Gasteiger partial charge in [0.05, 0.1) is 15.8 Å². The average Bonchev–Trinajstić information content (AvgIpc) is 2.85. The van der Waals surface area contributed by atoms with E-state index in [9.17, 15) is 22.8 Å². The molecule has 1 saturated heterocycles. The summed E-state index contributed by atoms with van der Waals surface area (Å²) in [7, 11) is 0. The van der Waals surface area contributed by atoms with Gasteiger partial charge in [0.25, 0.3) is 0 Å². The fraction of sp³-hybridized carbons (Fsp3) is 0.429. The van der Waals surface area contributed by atoms with Gasteiger partial charge in [0.15, 0.2) is 6.29 Å². The molecular weight excluding hydrogens is 345 g/mol. The molecule has 1 unspecified atom stereocenters. The van der Waals surface area contributed by atoms with E-state index >= 15 is 0 Å². The number of benzene rings is 1. The second kappa shape index (κ2) is 6.28. The number of alkyl halides is 3. The number of hydrogen-bond donors (Lipinski definition) is 1. The Hall–Kier alpha value is -1.75. The highest BCUT2D eigenvalue weighted by molar-refractivity contribution is 7.16. The molecule has 0 saturated carbocycles. The molecule has 1 aliphatic rings. The lowest BCUT2D eigenvalue weighted by atomic mass is 10.2. The van der Waals surface area contributed by atoms with Crippen LogP contribution in [-0.4, -0.2) is 46.9 Å². The van der Waals surface area contributed by atoms with Crippen molar-refractivity contribution in [3.63, 3.8) is 0 Å². The second-order valence-corrected chi connectivity index (χ2v) is 6.53. The zero-order valence-electron chi connectivity index (χ0n) is 12.5. The van der Waals surface area contributed by atoms with Crippen molar-refractivity contribution in [2.45, 2.75) is 12.3 Å². The Morgan fingerprint density at radius 2 is 1.88 bits per heavy atom. The highest BCUT2D eigenvalue weighted by Crippen LogP contribution is 2.33. The molecule has 1 aliphatic heterocycles. The highest BCUT2D eigenvalue weighted by Gasteiger charge is 2.32. The number of nitrogens with two attached hydrogens (primary N) is 1. The van der Waals surface area contributed by atoms with Crippen LogP contribution in [0.15, 0.2) is 23.0 Å². The zero-order valence-corrected chi connectivity index (χ0v) is 13.3. The molecule has 1 aromatic carbocycles. The Labute approximate surface area is 138 Å². The molecule has 2 heterocycles. The van der Waals surface area contributed by atoms with Crippen LogP contribution in [0.25, 0.3) is 10.2 Å². The normalized spacial score (nSPS) is 18.8. The van der Waals surface area contributed by atoms with E-state index in [4.69, 9.17) is 5.84 Å². The topological polar surface area (TPSA) is 71.6 Å². The van der Waals surface area contributed by atoms with Gasteiger partial charge >= 0.3 is 11.0 Å². The largest absolute Gasteiger partial charge is 0.416 e. The molecule has 2 aromatic rings. The number of hydrazine groups is 1. The summed E-state index contributed by atoms with van der Waals surface area (Å²) in [4.78, 5) is 25.2. The maximum atomic E-state index is 13.0. The maximum Gasteiger partial charge on any atom is 0.416 e. The van der Waals surface area contributed by atoms with Crippen LogP contribution in [-0.2, 0) is 11.0 Å². The molecule has 10 heteroatoms. The fourth-order valence-electron chi connectivity index (χ4n) is 2.77. The zero-order chi connectivity index (χ0) is 17.5. The molecule has 2 N–H and O–H groups in total. The maximum absolute atomic E-state index is 13.0. The van der Waals surface area contributed by atoms with Crippen molar-refractivity contribution < 1.29 is 18.0 Å². The van der Waals surface area contributed by atoms with Crippen molar-refractivity contribution in [1.82, 2.24) is 14.5 Å². The Bertz CT molecular complexity index is 808. The number of fused-ring (bicyclic) bond motifs is 1. The minimum atomic E-state index is -4.52. The predicted molar refractivity (Wildman–Crippen MR) is 83.5 cm³/mol. The van der Waals surface area contributed by atoms with Crippen LogP contribution in [0.3, 0.4) is 0 Å². The van der Waals surface area contributed by atoms with Crippen LogP contribution < -0.4 is 10.7 Å². The number of carbonyl (C=O) groups is 1. The van der Waals surface area contributed by atoms with E-state index in [-0.39, 0.29) is 5.52 Å². The Kier molecular flexibility index (Phi) is 4.47. The molecule has 0 spiro atoms. The number of halogens is 3. The number of thiazole rings is 1. The summed E-state index contributed by atoms with van der Waals surface area (Å²) in [6.07, 6.45) is -4.87. The molecule has 130 valence electrons. The van der Waals surface area contributed by atoms with Crippen molar-refractivity contribution in [3.8, 4) is 0 Å². The second-order valence-electron chi connectivity index (χ2n) is 5.54. The number of aldehydes is 1. The number of carbonyl (C=O) groups excluding carboxylic acids is 1. The Balaban J connectivity index is 2.08. The fourth-order valence-corrected chi connectivity index (χ4v) is 3.66. The molecule has 1 fully saturated rings. The van der Waals surface area contributed by atoms with Gasteiger partial charge < -0.3 is 0 Å². The predicted octanol–water partition coefficient (Wildman–Crippen LogP) is 1.27. The van der Waals surface area contributed by atoms with E-state index in [2.05, 4.69) is 0 Å². The lowest BCUT2D eigenvalue weighted by Gasteiger charge is -2.35. The Morgan fingerprint density at radius 3 is 2.46 bits per heavy atom. The van der Waals surface area contributed by atoms with Crippen LogP contribution in [0, 0.1) is 0 Å². The van der Waals surface area contributed by atoms with Crippen LogP contribution in [0.2, 0.25) is 0 Å². The minimum Gasteiger partial charge on any atom is -0.299 e. The third-order valence-corrected chi connectivity index (χ3v) is 4.99. The summed E-state index contributed by atoms with van der Waals surface area (Å²) in [5, 5.41) is 1.59. The molecule has 1 aromatic heterocycles. The quantitative estimate of drug-likeness (QED) is 0.659. The van der Waals surface area contributed by atoms with E-state index in [1.54, 1.807) is 9.91 Å². The summed E-state index contributed by atoms with van der Waals surface area (Å²) < 4.78 is 40.4. The van der Waals surface area contributed by atoms with Gasteiger partial charge in [-0.15, -0.1) is 0 Å². The molecule has 0 radical (unpaired) electrons. The summed E-state index contributed by atoms with van der Waals surface area (Å²) >= 11 is 0.826. The standard InChI is InChI=1S/C14H15F3N4O2S/c15-14(16,17)9-1-2-11-10(7-9)21(13(23)24-11)12(8-22)19-3-5-20(18)6-4-19/h1-2,7-8,12H,3-6,18H2. The van der Waals surface area contributed by atoms with Gasteiger partial charge in [0, 0.05) is 26.2 Å². The monoisotopic (exact) mass is 360 g/mol. The van der Waals surface area contributed by atoms with Gasteiger partial charge in [-0.25, -0.2) is 5.01 Å². The lowest BCUT2D eigenvalue weighted by molar-refractivity contribution is -0.137. The summed E-state index contributed by atoms with van der Waals surface area (Å²) in [6.45, 7) is 1.91. The van der Waals surface area contributed by atoms with Crippen LogP contribution in [0.4, 0.5) is 13.2 Å². The highest BCUT2D eigenvalue weighted by atomic mass is 32.1. The number of rotatable bonds is 3. The molecule has 24 heavy (non-hydrogen) atoms.